The van der Waals surface area contributed by atoms with E-state index in [4.69, 9.17) is 22.4 Å². The first-order chi connectivity index (χ1) is 21.0. The van der Waals surface area contributed by atoms with Crippen LogP contribution in [0.5, 0.6) is 0 Å². The van der Waals surface area contributed by atoms with E-state index in [1.165, 1.54) is 0 Å². The zero-order valence-electron chi connectivity index (χ0n) is 27.3. The quantitative estimate of drug-likeness (QED) is 0.251. The number of hydrogen-bond donors (Lipinski definition) is 3. The van der Waals surface area contributed by atoms with Crippen LogP contribution in [-0.2, 0) is 27.2 Å². The number of ketones is 1. The lowest BCUT2D eigenvalue weighted by Gasteiger charge is -2.67. The minimum absolute atomic E-state index is 0.00529. The molecule has 8 unspecified atom stereocenters. The average Bonchev–Trinajstić information content (AvgIpc) is 3.01. The number of rotatable bonds is 4. The van der Waals surface area contributed by atoms with Crippen molar-refractivity contribution in [2.75, 3.05) is 6.61 Å². The summed E-state index contributed by atoms with van der Waals surface area (Å²) in [6.07, 6.45) is -5.24. The van der Waals surface area contributed by atoms with Crippen LogP contribution >= 0.6 is 0 Å². The van der Waals surface area contributed by atoms with Crippen molar-refractivity contribution in [1.82, 2.24) is 0 Å². The first-order valence-electron chi connectivity index (χ1n) is 16.0. The van der Waals surface area contributed by atoms with E-state index >= 15 is 4.79 Å². The Bertz CT molecular complexity index is 1380. The van der Waals surface area contributed by atoms with E-state index in [9.17, 15) is 20.1 Å². The monoisotopic (exact) mass is 658 g/mol. The number of ether oxygens (including phenoxy) is 2. The van der Waals surface area contributed by atoms with Gasteiger partial charge in [0.05, 0.1) is 35.9 Å². The van der Waals surface area contributed by atoms with Gasteiger partial charge in [0.2, 0.25) is 0 Å². The largest absolute Gasteiger partial charge is 0.455 e. The van der Waals surface area contributed by atoms with Crippen molar-refractivity contribution in [2.45, 2.75) is 121 Å². The van der Waals surface area contributed by atoms with Crippen LogP contribution in [-0.4, -0.2) is 94.0 Å². The molecule has 2 heterocycles. The summed E-state index contributed by atoms with van der Waals surface area (Å²) in [4.78, 5) is 29.3. The van der Waals surface area contributed by atoms with Crippen molar-refractivity contribution in [3.63, 3.8) is 0 Å². The zero-order valence-corrected chi connectivity index (χ0v) is 29.3. The highest BCUT2D eigenvalue weighted by atomic mass is 28.4. The number of carbonyl (C=O) groups excluding carboxylic acids is 2. The summed E-state index contributed by atoms with van der Waals surface area (Å²) in [5.74, 6) is -2.20. The minimum Gasteiger partial charge on any atom is -0.455 e. The third-order valence-corrected chi connectivity index (χ3v) is 15.7. The highest BCUT2D eigenvalue weighted by Crippen LogP contribution is 2.64. The van der Waals surface area contributed by atoms with Crippen LogP contribution in [0.2, 0.25) is 11.1 Å². The van der Waals surface area contributed by atoms with Crippen molar-refractivity contribution in [1.29, 1.82) is 0 Å². The third-order valence-electron chi connectivity index (χ3n) is 11.2. The third kappa shape index (κ3) is 4.73. The predicted octanol–water partition coefficient (Wildman–Crippen LogP) is 3.39. The lowest BCUT2D eigenvalue weighted by molar-refractivity contribution is -0.342. The fourth-order valence-corrected chi connectivity index (χ4v) is 13.1. The van der Waals surface area contributed by atoms with E-state index in [0.717, 1.165) is 0 Å². The van der Waals surface area contributed by atoms with Gasteiger partial charge in [-0.3, -0.25) is 4.79 Å². The summed E-state index contributed by atoms with van der Waals surface area (Å²) in [7, 11) is -4.14. The molecule has 3 aliphatic carbocycles. The molecule has 4 fully saturated rings. The molecule has 2 radical (unpaired) electrons. The number of esters is 1. The first-order valence-corrected chi connectivity index (χ1v) is 18.8. The van der Waals surface area contributed by atoms with E-state index in [0.29, 0.717) is 11.1 Å². The second-order valence-corrected chi connectivity index (χ2v) is 19.7. The number of carbonyl (C=O) groups is 2. The molecule has 0 aromatic heterocycles. The normalized spacial score (nSPS) is 41.8. The van der Waals surface area contributed by atoms with Crippen LogP contribution in [0.4, 0.5) is 0 Å². The predicted molar refractivity (Wildman–Crippen MR) is 166 cm³/mol. The lowest BCUT2D eigenvalue weighted by atomic mass is 9.45. The molecule has 4 bridgehead atoms. The van der Waals surface area contributed by atoms with Crippen LogP contribution in [0.25, 0.3) is 0 Å². The summed E-state index contributed by atoms with van der Waals surface area (Å²) in [6, 6.07) is 8.43. The Morgan fingerprint density at radius 3 is 2.20 bits per heavy atom. The highest BCUT2D eigenvalue weighted by Gasteiger charge is 2.77. The molecule has 0 spiro atoms. The van der Waals surface area contributed by atoms with Crippen molar-refractivity contribution in [2.24, 2.45) is 16.7 Å². The maximum absolute atomic E-state index is 15.4. The summed E-state index contributed by atoms with van der Waals surface area (Å²) < 4.78 is 32.7. The molecule has 2 saturated carbocycles. The average molecular weight is 659 g/mol. The number of fused-ring (bicyclic) bond motifs is 6. The van der Waals surface area contributed by atoms with Crippen LogP contribution in [0.15, 0.2) is 41.5 Å². The molecule has 2 aliphatic heterocycles. The molecular formula is C33H46O10Si2. The Balaban J connectivity index is 1.65. The molecule has 1 aromatic rings. The van der Waals surface area contributed by atoms with Gasteiger partial charge in [0.15, 0.2) is 5.78 Å². The maximum Gasteiger partial charge on any atom is 0.378 e. The number of Topliss-reactive ketones (excluding diaryl/α,β-unsaturated/α-hetero) is 1. The van der Waals surface area contributed by atoms with E-state index in [-0.39, 0.29) is 41.9 Å². The molecule has 45 heavy (non-hydrogen) atoms. The Morgan fingerprint density at radius 2 is 1.62 bits per heavy atom. The highest BCUT2D eigenvalue weighted by molar-refractivity contribution is 6.61. The summed E-state index contributed by atoms with van der Waals surface area (Å²) >= 11 is 0. The summed E-state index contributed by atoms with van der Waals surface area (Å²) in [5.41, 5.74) is -5.11. The smallest absolute Gasteiger partial charge is 0.378 e. The van der Waals surface area contributed by atoms with Gasteiger partial charge in [0, 0.05) is 24.2 Å². The van der Waals surface area contributed by atoms with Crippen LogP contribution in [0, 0.1) is 16.7 Å². The standard InChI is InChI=1S/C33H46O10Si2/c1-17(2)44-41-22-14-23-32(37,16-39-23)26-28(40-29(36)20-12-10-9-11-13-20)33(38)15-21(34)19(5)24(30(33,6)7)25(27(35)31(22,26)8)42-45(43-44)18(3)4/h9-13,17-18,21-23,25-26,28,34,37-38H,14-16H2,1-8H3/t21?,22?,23?,25?,26?,28?,31-,32?,33?/m1/s1. The number of aliphatic hydroxyl groups excluding tert-OH is 1. The number of aliphatic hydroxyl groups is 3. The summed E-state index contributed by atoms with van der Waals surface area (Å²) in [6.45, 7) is 15.0. The molecule has 10 nitrogen and oxygen atoms in total. The molecule has 5 aliphatic rings. The molecular weight excluding hydrogens is 613 g/mol. The topological polar surface area (TPSA) is 141 Å². The van der Waals surface area contributed by atoms with E-state index < -0.39 is 83.0 Å². The van der Waals surface area contributed by atoms with Crippen LogP contribution < -0.4 is 0 Å². The van der Waals surface area contributed by atoms with Crippen molar-refractivity contribution in [3.8, 4) is 0 Å². The number of hydrogen-bond acceptors (Lipinski definition) is 10. The van der Waals surface area contributed by atoms with Crippen LogP contribution in [0.3, 0.4) is 0 Å². The second-order valence-electron chi connectivity index (χ2n) is 14.9. The van der Waals surface area contributed by atoms with Gasteiger partial charge < -0.3 is 37.8 Å². The Labute approximate surface area is 268 Å². The van der Waals surface area contributed by atoms with E-state index in [2.05, 4.69) is 0 Å². The molecule has 0 amide bonds. The molecule has 9 atom stereocenters. The molecule has 6 rings (SSSR count). The van der Waals surface area contributed by atoms with Gasteiger partial charge in [-0.2, -0.15) is 0 Å². The Hall–Kier alpha value is -1.75. The van der Waals surface area contributed by atoms with Crippen LogP contribution in [0.1, 0.15) is 78.6 Å². The van der Waals surface area contributed by atoms with Crippen molar-refractivity contribution < 1.29 is 47.3 Å². The van der Waals surface area contributed by atoms with E-state index in [1.807, 2.05) is 27.7 Å². The zero-order chi connectivity index (χ0) is 32.9. The van der Waals surface area contributed by atoms with Gasteiger partial charge in [0.25, 0.3) is 0 Å². The fraction of sp³-hybridized carbons (Fsp3) is 0.697. The van der Waals surface area contributed by atoms with Gasteiger partial charge >= 0.3 is 24.5 Å². The van der Waals surface area contributed by atoms with Crippen molar-refractivity contribution in [3.05, 3.63) is 47.0 Å². The first kappa shape index (κ1) is 33.2. The molecule has 246 valence electrons. The van der Waals surface area contributed by atoms with Gasteiger partial charge in [-0.1, -0.05) is 59.7 Å². The fourth-order valence-electron chi connectivity index (χ4n) is 8.40. The second kappa shape index (κ2) is 11.2. The van der Waals surface area contributed by atoms with E-state index in [1.54, 1.807) is 58.0 Å². The van der Waals surface area contributed by atoms with Gasteiger partial charge in [0.1, 0.15) is 23.4 Å². The maximum atomic E-state index is 15.4. The SMILES string of the molecule is CC1=C2C3O[Si](C(C)C)O[Si](C(C)C)OC4CC5OCC5(O)C(C(OC(=O)c5ccccc5)C(O)(CC1O)C2(C)C)[C@]4(C)C3=O. The van der Waals surface area contributed by atoms with Crippen molar-refractivity contribution >= 4 is 30.3 Å². The molecule has 2 saturated heterocycles. The molecule has 1 aromatic carbocycles. The number of benzene rings is 1. The van der Waals surface area contributed by atoms with Gasteiger partial charge in [-0.25, -0.2) is 4.79 Å². The Kier molecular flexibility index (Phi) is 8.23. The lowest BCUT2D eigenvalue weighted by Crippen LogP contribution is -2.81. The molecule has 3 N–H and O–H groups in total. The molecule has 12 heteroatoms. The Morgan fingerprint density at radius 1 is 1.00 bits per heavy atom. The van der Waals surface area contributed by atoms with Gasteiger partial charge in [-0.15, -0.1) is 0 Å². The summed E-state index contributed by atoms with van der Waals surface area (Å²) in [5, 5.41) is 37.1. The minimum atomic E-state index is -2.12. The van der Waals surface area contributed by atoms with Gasteiger partial charge in [-0.05, 0) is 48.2 Å².